The zero-order valence-corrected chi connectivity index (χ0v) is 16.4. The van der Waals surface area contributed by atoms with Crippen LogP contribution in [0.4, 0.5) is 0 Å². The second-order valence-corrected chi connectivity index (χ2v) is 6.99. The monoisotopic (exact) mass is 407 g/mol. The Morgan fingerprint density at radius 3 is 2.57 bits per heavy atom. The Morgan fingerprint density at radius 1 is 1.13 bits per heavy atom. The van der Waals surface area contributed by atoms with E-state index in [2.05, 4.69) is 15.5 Å². The van der Waals surface area contributed by atoms with E-state index in [1.807, 2.05) is 6.07 Å². The molecule has 1 atom stereocenters. The van der Waals surface area contributed by atoms with Gasteiger partial charge in [0.05, 0.1) is 0 Å². The average molecular weight is 407 g/mol. The molecular formula is C22H21N3O5. The lowest BCUT2D eigenvalue weighted by Gasteiger charge is -2.19. The van der Waals surface area contributed by atoms with Crippen LogP contribution in [0.2, 0.25) is 0 Å². The Labute approximate surface area is 173 Å². The maximum atomic E-state index is 12.9. The highest BCUT2D eigenvalue weighted by Gasteiger charge is 2.31. The number of benzene rings is 2. The number of nitrogens with zero attached hydrogens (tertiary/aromatic N) is 2. The molecule has 154 valence electrons. The van der Waals surface area contributed by atoms with Crippen LogP contribution in [0.3, 0.4) is 0 Å². The molecule has 1 N–H and O–H groups in total. The van der Waals surface area contributed by atoms with Crippen LogP contribution >= 0.6 is 0 Å². The molecule has 4 rings (SSSR count). The Morgan fingerprint density at radius 2 is 1.87 bits per heavy atom. The molecule has 0 spiro atoms. The van der Waals surface area contributed by atoms with Crippen molar-refractivity contribution < 1.29 is 23.6 Å². The lowest BCUT2D eigenvalue weighted by atomic mass is 10.1. The summed E-state index contributed by atoms with van der Waals surface area (Å²) < 4.78 is 16.2. The lowest BCUT2D eigenvalue weighted by molar-refractivity contribution is -0.130. The van der Waals surface area contributed by atoms with Crippen molar-refractivity contribution in [3.8, 4) is 5.75 Å². The minimum Gasteiger partial charge on any atom is -0.485 e. The first-order valence-electron chi connectivity index (χ1n) is 9.67. The number of ether oxygens (including phenoxy) is 2. The van der Waals surface area contributed by atoms with Gasteiger partial charge in [-0.2, -0.15) is 4.98 Å². The Bertz CT molecular complexity index is 1030. The molecule has 3 aromatic rings. The highest BCUT2D eigenvalue weighted by molar-refractivity contribution is 5.95. The number of nitrogens with one attached hydrogen (secondary N) is 1. The molecule has 1 fully saturated rings. The molecule has 1 amide bonds. The number of aromatic nitrogens is 2. The van der Waals surface area contributed by atoms with E-state index in [9.17, 15) is 9.59 Å². The summed E-state index contributed by atoms with van der Waals surface area (Å²) in [5.74, 6) is 0.0992. The van der Waals surface area contributed by atoms with Gasteiger partial charge in [0.1, 0.15) is 11.3 Å². The molecule has 1 saturated carbocycles. The third-order valence-corrected chi connectivity index (χ3v) is 4.52. The zero-order valence-electron chi connectivity index (χ0n) is 16.4. The third-order valence-electron chi connectivity index (χ3n) is 4.52. The van der Waals surface area contributed by atoms with Gasteiger partial charge in [0.2, 0.25) is 17.8 Å². The van der Waals surface area contributed by atoms with E-state index in [0.717, 1.165) is 12.8 Å². The van der Waals surface area contributed by atoms with Crippen LogP contribution in [0, 0.1) is 6.92 Å². The van der Waals surface area contributed by atoms with Crippen molar-refractivity contribution >= 4 is 11.9 Å². The van der Waals surface area contributed by atoms with Gasteiger partial charge in [-0.3, -0.25) is 4.79 Å². The number of para-hydroxylation sites is 1. The summed E-state index contributed by atoms with van der Waals surface area (Å²) in [4.78, 5) is 29.7. The van der Waals surface area contributed by atoms with Gasteiger partial charge in [-0.15, -0.1) is 0 Å². The van der Waals surface area contributed by atoms with Gasteiger partial charge in [0, 0.05) is 18.5 Å². The zero-order chi connectivity index (χ0) is 20.9. The minimum absolute atomic E-state index is 0.0336. The summed E-state index contributed by atoms with van der Waals surface area (Å²) in [5, 5.41) is 6.67. The number of carbonyl (C=O) groups is 2. The SMILES string of the molecule is Cc1nc(COc2ccccc2C(=O)O[C@H](C(=O)NC2CC2)c2ccccc2)no1. The van der Waals surface area contributed by atoms with Gasteiger partial charge in [-0.25, -0.2) is 4.79 Å². The van der Waals surface area contributed by atoms with Crippen molar-refractivity contribution in [2.24, 2.45) is 0 Å². The number of hydrogen-bond donors (Lipinski definition) is 1. The number of hydrogen-bond acceptors (Lipinski definition) is 7. The van der Waals surface area contributed by atoms with Crippen LogP contribution in [0.15, 0.2) is 59.1 Å². The van der Waals surface area contributed by atoms with Crippen molar-refractivity contribution in [3.63, 3.8) is 0 Å². The molecule has 0 unspecified atom stereocenters. The first-order valence-corrected chi connectivity index (χ1v) is 9.67. The number of amides is 1. The molecule has 1 heterocycles. The van der Waals surface area contributed by atoms with E-state index in [1.54, 1.807) is 55.5 Å². The van der Waals surface area contributed by atoms with Gasteiger partial charge in [0.15, 0.2) is 6.61 Å². The number of esters is 1. The quantitative estimate of drug-likeness (QED) is 0.572. The lowest BCUT2D eigenvalue weighted by Crippen LogP contribution is -2.33. The molecule has 8 nitrogen and oxygen atoms in total. The molecule has 0 saturated heterocycles. The Hall–Kier alpha value is -3.68. The van der Waals surface area contributed by atoms with Crippen LogP contribution in [-0.4, -0.2) is 28.1 Å². The van der Waals surface area contributed by atoms with Crippen molar-refractivity contribution in [1.82, 2.24) is 15.5 Å². The Kier molecular flexibility index (Phi) is 5.74. The van der Waals surface area contributed by atoms with Gasteiger partial charge < -0.3 is 19.3 Å². The predicted molar refractivity (Wildman–Crippen MR) is 106 cm³/mol. The summed E-state index contributed by atoms with van der Waals surface area (Å²) in [6, 6.07) is 15.8. The van der Waals surface area contributed by atoms with Gasteiger partial charge >= 0.3 is 5.97 Å². The van der Waals surface area contributed by atoms with Gasteiger partial charge in [0.25, 0.3) is 5.91 Å². The molecule has 30 heavy (non-hydrogen) atoms. The predicted octanol–water partition coefficient (Wildman–Crippen LogP) is 3.13. The summed E-state index contributed by atoms with van der Waals surface area (Å²) >= 11 is 0. The first kappa shape index (κ1) is 19.6. The number of rotatable bonds is 8. The van der Waals surface area contributed by atoms with E-state index in [-0.39, 0.29) is 24.1 Å². The fourth-order valence-electron chi connectivity index (χ4n) is 2.88. The fraction of sp³-hybridized carbons (Fsp3) is 0.273. The van der Waals surface area contributed by atoms with E-state index >= 15 is 0 Å². The molecule has 0 aliphatic heterocycles. The van der Waals surface area contributed by atoms with E-state index in [0.29, 0.717) is 23.0 Å². The largest absolute Gasteiger partial charge is 0.485 e. The molecular weight excluding hydrogens is 386 g/mol. The molecule has 1 aromatic heterocycles. The molecule has 0 radical (unpaired) electrons. The molecule has 8 heteroatoms. The minimum atomic E-state index is -1.05. The highest BCUT2D eigenvalue weighted by Crippen LogP contribution is 2.26. The van der Waals surface area contributed by atoms with E-state index in [1.165, 1.54) is 0 Å². The van der Waals surface area contributed by atoms with E-state index in [4.69, 9.17) is 14.0 Å². The average Bonchev–Trinajstić information content (AvgIpc) is 3.48. The van der Waals surface area contributed by atoms with Gasteiger partial charge in [-0.1, -0.05) is 47.6 Å². The van der Waals surface area contributed by atoms with Crippen LogP contribution < -0.4 is 10.1 Å². The summed E-state index contributed by atoms with van der Waals surface area (Å²) in [7, 11) is 0. The number of carbonyl (C=O) groups excluding carboxylic acids is 2. The summed E-state index contributed by atoms with van der Waals surface area (Å²) in [5.41, 5.74) is 0.808. The van der Waals surface area contributed by atoms with Crippen molar-refractivity contribution in [2.75, 3.05) is 0 Å². The summed E-state index contributed by atoms with van der Waals surface area (Å²) in [6.45, 7) is 1.71. The topological polar surface area (TPSA) is 104 Å². The normalized spacial score (nSPS) is 14.0. The van der Waals surface area contributed by atoms with Crippen molar-refractivity contribution in [3.05, 3.63) is 77.4 Å². The molecule has 1 aliphatic rings. The fourth-order valence-corrected chi connectivity index (χ4v) is 2.88. The van der Waals surface area contributed by atoms with Crippen LogP contribution in [-0.2, 0) is 16.1 Å². The number of aryl methyl sites for hydroxylation is 1. The maximum Gasteiger partial charge on any atom is 0.343 e. The van der Waals surface area contributed by atoms with E-state index < -0.39 is 12.1 Å². The first-order chi connectivity index (χ1) is 14.6. The molecule has 0 bridgehead atoms. The Balaban J connectivity index is 1.51. The molecule has 1 aliphatic carbocycles. The summed E-state index contributed by atoms with van der Waals surface area (Å²) in [6.07, 6.45) is 0.827. The highest BCUT2D eigenvalue weighted by atomic mass is 16.6. The van der Waals surface area contributed by atoms with Crippen molar-refractivity contribution in [1.29, 1.82) is 0 Å². The van der Waals surface area contributed by atoms with Gasteiger partial charge in [-0.05, 0) is 25.0 Å². The smallest absolute Gasteiger partial charge is 0.343 e. The van der Waals surface area contributed by atoms with Crippen LogP contribution in [0.25, 0.3) is 0 Å². The maximum absolute atomic E-state index is 12.9. The van der Waals surface area contributed by atoms with Crippen molar-refractivity contribution in [2.45, 2.75) is 38.5 Å². The second-order valence-electron chi connectivity index (χ2n) is 6.99. The second kappa shape index (κ2) is 8.77. The van der Waals surface area contributed by atoms with Crippen LogP contribution in [0.5, 0.6) is 5.75 Å². The standard InChI is InChI=1S/C22H21N3O5/c1-14-23-19(25-30-14)13-28-18-10-6-5-9-17(18)22(27)29-20(15-7-3-2-4-8-15)21(26)24-16-11-12-16/h2-10,16,20H,11-13H2,1H3,(H,24,26)/t20-/m0/s1. The van der Waals surface area contributed by atoms with Crippen LogP contribution in [0.1, 0.15) is 46.6 Å². The molecule has 2 aromatic carbocycles. The third kappa shape index (κ3) is 4.83.